The van der Waals surface area contributed by atoms with E-state index >= 15 is 0 Å². The number of ether oxygens (including phenoxy) is 2. The smallest absolute Gasteiger partial charge is 0.268 e. The number of nitrogens with zero attached hydrogens (tertiary/aromatic N) is 4. The van der Waals surface area contributed by atoms with Gasteiger partial charge in [0.15, 0.2) is 6.10 Å². The third kappa shape index (κ3) is 5.26. The van der Waals surface area contributed by atoms with Crippen molar-refractivity contribution in [3.05, 3.63) is 53.9 Å². The van der Waals surface area contributed by atoms with Crippen LogP contribution in [0.4, 0.5) is 5.69 Å². The van der Waals surface area contributed by atoms with E-state index in [0.717, 1.165) is 30.8 Å². The van der Waals surface area contributed by atoms with Crippen LogP contribution in [-0.2, 0) is 20.9 Å². The highest BCUT2D eigenvalue weighted by atomic mass is 16.5. The Morgan fingerprint density at radius 2 is 1.94 bits per heavy atom. The summed E-state index contributed by atoms with van der Waals surface area (Å²) >= 11 is 0. The quantitative estimate of drug-likeness (QED) is 0.657. The highest BCUT2D eigenvalue weighted by Gasteiger charge is 2.34. The number of fused-ring (bicyclic) bond motifs is 1. The molecule has 3 heterocycles. The molecular weight excluding hydrogens is 408 g/mol. The molecule has 1 unspecified atom stereocenters. The molecule has 2 aliphatic rings. The first kappa shape index (κ1) is 22.2. The number of pyridine rings is 1. The second kappa shape index (κ2) is 10.1. The van der Waals surface area contributed by atoms with Gasteiger partial charge in [0.1, 0.15) is 12.3 Å². The maximum Gasteiger partial charge on any atom is 0.268 e. The molecule has 2 amide bonds. The summed E-state index contributed by atoms with van der Waals surface area (Å²) in [6.45, 7) is 8.64. The number of carbonyl (C=O) groups is 2. The van der Waals surface area contributed by atoms with Gasteiger partial charge < -0.3 is 14.4 Å². The van der Waals surface area contributed by atoms with Gasteiger partial charge in [-0.3, -0.25) is 24.4 Å². The van der Waals surface area contributed by atoms with E-state index in [9.17, 15) is 9.59 Å². The number of rotatable bonds is 7. The number of carbonyl (C=O) groups excluding carboxylic acids is 2. The van der Waals surface area contributed by atoms with E-state index in [1.54, 1.807) is 24.2 Å². The molecule has 0 bridgehead atoms. The van der Waals surface area contributed by atoms with Gasteiger partial charge in [-0.2, -0.15) is 0 Å². The van der Waals surface area contributed by atoms with E-state index in [1.165, 1.54) is 0 Å². The summed E-state index contributed by atoms with van der Waals surface area (Å²) < 4.78 is 11.2. The monoisotopic (exact) mass is 438 g/mol. The van der Waals surface area contributed by atoms with Crippen LogP contribution >= 0.6 is 0 Å². The topological polar surface area (TPSA) is 75.2 Å². The van der Waals surface area contributed by atoms with Gasteiger partial charge in [-0.25, -0.2) is 0 Å². The number of amides is 2. The maximum absolute atomic E-state index is 13.5. The Hall–Kier alpha value is -2.97. The Morgan fingerprint density at radius 1 is 1.19 bits per heavy atom. The van der Waals surface area contributed by atoms with Crippen molar-refractivity contribution in [2.24, 2.45) is 0 Å². The Morgan fingerprint density at radius 3 is 2.69 bits per heavy atom. The van der Waals surface area contributed by atoms with Crippen LogP contribution in [0, 0.1) is 6.92 Å². The molecule has 0 N–H and O–H groups in total. The van der Waals surface area contributed by atoms with E-state index in [4.69, 9.17) is 9.47 Å². The maximum atomic E-state index is 13.5. The molecule has 0 saturated carbocycles. The zero-order chi connectivity index (χ0) is 22.5. The third-order valence-corrected chi connectivity index (χ3v) is 5.88. The van der Waals surface area contributed by atoms with Crippen LogP contribution in [0.2, 0.25) is 0 Å². The van der Waals surface area contributed by atoms with Gasteiger partial charge in [0.05, 0.1) is 18.9 Å². The first-order chi connectivity index (χ1) is 15.5. The van der Waals surface area contributed by atoms with Crippen molar-refractivity contribution in [2.45, 2.75) is 26.5 Å². The molecule has 0 radical (unpaired) electrons. The van der Waals surface area contributed by atoms with Gasteiger partial charge >= 0.3 is 0 Å². The summed E-state index contributed by atoms with van der Waals surface area (Å²) in [5, 5.41) is 0. The van der Waals surface area contributed by atoms with E-state index in [0.29, 0.717) is 37.7 Å². The minimum absolute atomic E-state index is 0.0167. The highest BCUT2D eigenvalue weighted by Crippen LogP contribution is 2.34. The SMILES string of the molecule is Cc1ccc2c(c1)N(CC(=O)N(CCN1CCOCC1)Cc1ccncc1)C(=O)C(C)O2. The minimum atomic E-state index is -0.625. The van der Waals surface area contributed by atoms with Crippen molar-refractivity contribution < 1.29 is 19.1 Å². The molecule has 1 fully saturated rings. The summed E-state index contributed by atoms with van der Waals surface area (Å²) in [6.07, 6.45) is 2.83. The Kier molecular flexibility index (Phi) is 7.02. The Bertz CT molecular complexity index is 946. The summed E-state index contributed by atoms with van der Waals surface area (Å²) in [5.41, 5.74) is 2.67. The molecule has 1 aromatic heterocycles. The largest absolute Gasteiger partial charge is 0.479 e. The van der Waals surface area contributed by atoms with E-state index in [-0.39, 0.29) is 18.4 Å². The molecule has 170 valence electrons. The molecule has 2 aliphatic heterocycles. The summed E-state index contributed by atoms with van der Waals surface area (Å²) in [6, 6.07) is 9.52. The molecule has 0 spiro atoms. The van der Waals surface area contributed by atoms with Crippen LogP contribution in [0.15, 0.2) is 42.7 Å². The van der Waals surface area contributed by atoms with Crippen molar-refractivity contribution in [1.29, 1.82) is 0 Å². The molecule has 4 rings (SSSR count). The second-order valence-electron chi connectivity index (χ2n) is 8.28. The minimum Gasteiger partial charge on any atom is -0.479 e. The fourth-order valence-corrected chi connectivity index (χ4v) is 4.00. The number of aryl methyl sites for hydroxylation is 1. The van der Waals surface area contributed by atoms with Gasteiger partial charge in [0.2, 0.25) is 5.91 Å². The molecule has 2 aromatic rings. The Balaban J connectivity index is 1.52. The van der Waals surface area contributed by atoms with E-state index < -0.39 is 6.10 Å². The van der Waals surface area contributed by atoms with Crippen molar-refractivity contribution in [2.75, 3.05) is 50.8 Å². The van der Waals surface area contributed by atoms with Crippen molar-refractivity contribution in [1.82, 2.24) is 14.8 Å². The van der Waals surface area contributed by atoms with Crippen molar-refractivity contribution in [3.8, 4) is 5.75 Å². The predicted octanol–water partition coefficient (Wildman–Crippen LogP) is 1.86. The summed E-state index contributed by atoms with van der Waals surface area (Å²) in [5.74, 6) is 0.336. The van der Waals surface area contributed by atoms with E-state index in [2.05, 4.69) is 9.88 Å². The van der Waals surface area contributed by atoms with Crippen LogP contribution in [-0.4, -0.2) is 78.6 Å². The van der Waals surface area contributed by atoms with Gasteiger partial charge in [-0.05, 0) is 49.2 Å². The number of benzene rings is 1. The molecule has 1 aromatic carbocycles. The standard InChI is InChI=1S/C24H30N4O4/c1-18-3-4-22-21(15-18)28(24(30)19(2)32-22)17-23(29)27(16-20-5-7-25-8-6-20)10-9-26-11-13-31-14-12-26/h3-8,15,19H,9-14,16-17H2,1-2H3. The lowest BCUT2D eigenvalue weighted by atomic mass is 10.1. The lowest BCUT2D eigenvalue weighted by Gasteiger charge is -2.35. The van der Waals surface area contributed by atoms with Gasteiger partial charge in [0, 0.05) is 45.1 Å². The summed E-state index contributed by atoms with van der Waals surface area (Å²) in [4.78, 5) is 36.2. The Labute approximate surface area is 188 Å². The van der Waals surface area contributed by atoms with Gasteiger partial charge in [0.25, 0.3) is 5.91 Å². The van der Waals surface area contributed by atoms with E-state index in [1.807, 2.05) is 42.2 Å². The molecule has 1 atom stereocenters. The second-order valence-corrected chi connectivity index (χ2v) is 8.28. The molecule has 32 heavy (non-hydrogen) atoms. The van der Waals surface area contributed by atoms with Gasteiger partial charge in [-0.1, -0.05) is 6.07 Å². The lowest BCUT2D eigenvalue weighted by molar-refractivity contribution is -0.133. The van der Waals surface area contributed by atoms with Crippen LogP contribution in [0.3, 0.4) is 0 Å². The fraction of sp³-hybridized carbons (Fsp3) is 0.458. The number of aromatic nitrogens is 1. The van der Waals surface area contributed by atoms with Crippen LogP contribution < -0.4 is 9.64 Å². The predicted molar refractivity (Wildman–Crippen MR) is 121 cm³/mol. The average molecular weight is 439 g/mol. The normalized spacial score (nSPS) is 18.8. The number of hydrogen-bond acceptors (Lipinski definition) is 6. The third-order valence-electron chi connectivity index (χ3n) is 5.88. The number of anilines is 1. The molecule has 8 heteroatoms. The number of morpholine rings is 1. The van der Waals surface area contributed by atoms with Gasteiger partial charge in [-0.15, -0.1) is 0 Å². The summed E-state index contributed by atoms with van der Waals surface area (Å²) in [7, 11) is 0. The number of hydrogen-bond donors (Lipinski definition) is 0. The highest BCUT2D eigenvalue weighted by molar-refractivity contribution is 6.03. The molecule has 8 nitrogen and oxygen atoms in total. The average Bonchev–Trinajstić information content (AvgIpc) is 2.81. The lowest BCUT2D eigenvalue weighted by Crippen LogP contribution is -2.50. The zero-order valence-corrected chi connectivity index (χ0v) is 18.7. The van der Waals surface area contributed by atoms with Crippen molar-refractivity contribution in [3.63, 3.8) is 0 Å². The van der Waals surface area contributed by atoms with Crippen LogP contribution in [0.5, 0.6) is 5.75 Å². The molecule has 1 saturated heterocycles. The zero-order valence-electron chi connectivity index (χ0n) is 18.7. The first-order valence-electron chi connectivity index (χ1n) is 11.1. The molecule has 0 aliphatic carbocycles. The van der Waals surface area contributed by atoms with Crippen LogP contribution in [0.1, 0.15) is 18.1 Å². The fourth-order valence-electron chi connectivity index (χ4n) is 4.00. The first-order valence-corrected chi connectivity index (χ1v) is 11.1. The van der Waals surface area contributed by atoms with Crippen molar-refractivity contribution >= 4 is 17.5 Å². The molecular formula is C24H30N4O4. The van der Waals surface area contributed by atoms with Crippen LogP contribution in [0.25, 0.3) is 0 Å².